The van der Waals surface area contributed by atoms with E-state index in [-0.39, 0.29) is 40.9 Å². The normalized spacial score (nSPS) is 22.8. The minimum absolute atomic E-state index is 0.0161. The van der Waals surface area contributed by atoms with Crippen LogP contribution in [0.15, 0.2) is 41.2 Å². The number of rotatable bonds is 4. The van der Waals surface area contributed by atoms with Gasteiger partial charge in [0.25, 0.3) is 6.01 Å². The number of ether oxygens (including phenoxy) is 3. The van der Waals surface area contributed by atoms with Crippen LogP contribution >= 0.6 is 11.3 Å². The van der Waals surface area contributed by atoms with E-state index < -0.39 is 11.6 Å². The first kappa shape index (κ1) is 18.9. The first-order valence-corrected chi connectivity index (χ1v) is 10.9. The van der Waals surface area contributed by atoms with Crippen LogP contribution in [0.25, 0.3) is 33.4 Å². The van der Waals surface area contributed by atoms with Crippen LogP contribution in [0.2, 0.25) is 0 Å². The van der Waals surface area contributed by atoms with E-state index in [4.69, 9.17) is 14.2 Å². The highest BCUT2D eigenvalue weighted by Gasteiger charge is 2.43. The van der Waals surface area contributed by atoms with Gasteiger partial charge in [0.1, 0.15) is 17.4 Å². The van der Waals surface area contributed by atoms with Crippen LogP contribution in [0.1, 0.15) is 6.42 Å². The Kier molecular flexibility index (Phi) is 4.48. The molecule has 0 spiro atoms. The van der Waals surface area contributed by atoms with Crippen molar-refractivity contribution in [3.05, 3.63) is 52.9 Å². The lowest BCUT2D eigenvalue weighted by atomic mass is 10.0. The molecule has 2 aliphatic rings. The number of hydrogen-bond acceptors (Lipinski definition) is 6. The first-order valence-electron chi connectivity index (χ1n) is 9.94. The summed E-state index contributed by atoms with van der Waals surface area (Å²) in [5.41, 5.74) is 4.00. The standard InChI is InChI=1S/C22H17F2N3O3S/c23-13-7-14-20(27-22(26-14)30-17-8-29-16-5-6-28-21(16)17)19(24)18(13)12-3-1-11(2-4-12)15-9-31-10-25-15/h1-4,7,9-10,16-17,21H,5-6,8H2,(H,26,27)/t16-,17?,21+/m1/s1. The molecule has 9 heteroatoms. The summed E-state index contributed by atoms with van der Waals surface area (Å²) in [4.78, 5) is 11.3. The van der Waals surface area contributed by atoms with Crippen LogP contribution in [0.4, 0.5) is 8.78 Å². The van der Waals surface area contributed by atoms with Gasteiger partial charge in [0, 0.05) is 23.6 Å². The quantitative estimate of drug-likeness (QED) is 0.503. The number of aromatic nitrogens is 3. The number of fused-ring (bicyclic) bond motifs is 2. The van der Waals surface area contributed by atoms with E-state index in [1.165, 1.54) is 17.4 Å². The number of nitrogens with zero attached hydrogens (tertiary/aromatic N) is 2. The summed E-state index contributed by atoms with van der Waals surface area (Å²) < 4.78 is 47.3. The Morgan fingerprint density at radius 3 is 2.77 bits per heavy atom. The SMILES string of the molecule is Fc1cc2[nH]c(OC3CO[C@@H]4CCO[C@H]34)nc2c(F)c1-c1ccc(-c2cscn2)cc1. The minimum Gasteiger partial charge on any atom is -0.456 e. The zero-order chi connectivity index (χ0) is 20.9. The summed E-state index contributed by atoms with van der Waals surface area (Å²) in [5.74, 6) is -1.41. The molecule has 1 N–H and O–H groups in total. The third-order valence-corrected chi connectivity index (χ3v) is 6.32. The van der Waals surface area contributed by atoms with Crippen molar-refractivity contribution < 1.29 is 23.0 Å². The van der Waals surface area contributed by atoms with Gasteiger partial charge in [0.05, 0.1) is 35.0 Å². The molecule has 0 radical (unpaired) electrons. The van der Waals surface area contributed by atoms with E-state index in [0.29, 0.717) is 18.8 Å². The maximum Gasteiger partial charge on any atom is 0.295 e. The van der Waals surface area contributed by atoms with Gasteiger partial charge in [-0.2, -0.15) is 4.98 Å². The van der Waals surface area contributed by atoms with Crippen molar-refractivity contribution in [2.45, 2.75) is 24.7 Å². The summed E-state index contributed by atoms with van der Waals surface area (Å²) in [6.07, 6.45) is 0.345. The number of halogens is 2. The zero-order valence-corrected chi connectivity index (χ0v) is 17.0. The third kappa shape index (κ3) is 3.20. The minimum atomic E-state index is -0.736. The number of imidazole rings is 1. The molecule has 4 aromatic rings. The number of hydrogen-bond donors (Lipinski definition) is 1. The summed E-state index contributed by atoms with van der Waals surface area (Å²) >= 11 is 1.49. The van der Waals surface area contributed by atoms with E-state index in [2.05, 4.69) is 15.0 Å². The van der Waals surface area contributed by atoms with E-state index >= 15 is 4.39 Å². The molecule has 4 heterocycles. The third-order valence-electron chi connectivity index (χ3n) is 5.73. The fourth-order valence-electron chi connectivity index (χ4n) is 4.22. The Morgan fingerprint density at radius 2 is 1.97 bits per heavy atom. The maximum absolute atomic E-state index is 15.3. The summed E-state index contributed by atoms with van der Waals surface area (Å²) in [5, 5.41) is 1.92. The molecule has 1 unspecified atom stereocenters. The molecule has 3 atom stereocenters. The predicted octanol–water partition coefficient (Wildman–Crippen LogP) is 4.57. The van der Waals surface area contributed by atoms with Gasteiger partial charge in [-0.15, -0.1) is 11.3 Å². The Labute approximate surface area is 179 Å². The molecule has 6 nitrogen and oxygen atoms in total. The van der Waals surface area contributed by atoms with Crippen LogP contribution in [0, 0.1) is 11.6 Å². The smallest absolute Gasteiger partial charge is 0.295 e. The Morgan fingerprint density at radius 1 is 1.13 bits per heavy atom. The number of H-pyrrole nitrogens is 1. The van der Waals surface area contributed by atoms with Crippen molar-refractivity contribution in [1.29, 1.82) is 0 Å². The highest BCUT2D eigenvalue weighted by Crippen LogP contribution is 2.34. The monoisotopic (exact) mass is 441 g/mol. The first-order chi connectivity index (χ1) is 15.2. The number of nitrogens with one attached hydrogen (secondary N) is 1. The lowest BCUT2D eigenvalue weighted by molar-refractivity contribution is 0.0273. The number of aromatic amines is 1. The highest BCUT2D eigenvalue weighted by atomic mass is 32.1. The van der Waals surface area contributed by atoms with Gasteiger partial charge < -0.3 is 19.2 Å². The van der Waals surface area contributed by atoms with Gasteiger partial charge in [-0.3, -0.25) is 0 Å². The van der Waals surface area contributed by atoms with Crippen molar-refractivity contribution in [2.75, 3.05) is 13.2 Å². The number of thiazole rings is 1. The van der Waals surface area contributed by atoms with E-state index in [0.717, 1.165) is 17.7 Å². The second kappa shape index (κ2) is 7.37. The second-order valence-corrected chi connectivity index (χ2v) is 8.31. The van der Waals surface area contributed by atoms with Crippen LogP contribution in [-0.4, -0.2) is 46.5 Å². The van der Waals surface area contributed by atoms with E-state index in [9.17, 15) is 4.39 Å². The fraction of sp³-hybridized carbons (Fsp3) is 0.273. The molecular formula is C22H17F2N3O3S. The van der Waals surface area contributed by atoms with Crippen molar-refractivity contribution in [1.82, 2.24) is 15.0 Å². The van der Waals surface area contributed by atoms with Gasteiger partial charge in [0.15, 0.2) is 11.9 Å². The van der Waals surface area contributed by atoms with Crippen molar-refractivity contribution in [3.63, 3.8) is 0 Å². The fourth-order valence-corrected chi connectivity index (χ4v) is 4.78. The van der Waals surface area contributed by atoms with Crippen molar-refractivity contribution in [3.8, 4) is 28.4 Å². The molecule has 0 amide bonds. The van der Waals surface area contributed by atoms with Crippen LogP contribution in [-0.2, 0) is 9.47 Å². The molecular weight excluding hydrogens is 424 g/mol. The second-order valence-electron chi connectivity index (χ2n) is 7.59. The maximum atomic E-state index is 15.3. The van der Waals surface area contributed by atoms with Gasteiger partial charge >= 0.3 is 0 Å². The van der Waals surface area contributed by atoms with E-state index in [1.54, 1.807) is 29.8 Å². The zero-order valence-electron chi connectivity index (χ0n) is 16.2. The summed E-state index contributed by atoms with van der Waals surface area (Å²) in [7, 11) is 0. The average Bonchev–Trinajstić information content (AvgIpc) is 3.55. The topological polar surface area (TPSA) is 69.3 Å². The molecule has 2 aliphatic heterocycles. The van der Waals surface area contributed by atoms with Crippen molar-refractivity contribution in [2.24, 2.45) is 0 Å². The van der Waals surface area contributed by atoms with Gasteiger partial charge in [-0.25, -0.2) is 13.8 Å². The Hall–Kier alpha value is -2.88. The summed E-state index contributed by atoms with van der Waals surface area (Å²) in [6.45, 7) is 1.000. The molecule has 0 saturated carbocycles. The lowest BCUT2D eigenvalue weighted by Crippen LogP contribution is -2.32. The molecule has 2 aromatic carbocycles. The van der Waals surface area contributed by atoms with Crippen LogP contribution < -0.4 is 4.74 Å². The highest BCUT2D eigenvalue weighted by molar-refractivity contribution is 7.07. The van der Waals surface area contributed by atoms with Crippen molar-refractivity contribution >= 4 is 22.4 Å². The predicted molar refractivity (Wildman–Crippen MR) is 111 cm³/mol. The Bertz CT molecular complexity index is 1240. The van der Waals surface area contributed by atoms with Gasteiger partial charge in [-0.05, 0) is 12.0 Å². The molecule has 0 bridgehead atoms. The Balaban J connectivity index is 1.33. The van der Waals surface area contributed by atoms with Gasteiger partial charge in [-0.1, -0.05) is 24.3 Å². The molecule has 0 aliphatic carbocycles. The van der Waals surface area contributed by atoms with E-state index in [1.807, 2.05) is 5.38 Å². The molecule has 158 valence electrons. The van der Waals surface area contributed by atoms with Crippen LogP contribution in [0.5, 0.6) is 6.01 Å². The summed E-state index contributed by atoms with van der Waals surface area (Å²) in [6, 6.07) is 8.31. The largest absolute Gasteiger partial charge is 0.456 e. The molecule has 6 rings (SSSR count). The lowest BCUT2D eigenvalue weighted by Gasteiger charge is -2.15. The molecule has 2 aromatic heterocycles. The number of benzene rings is 2. The molecule has 2 fully saturated rings. The molecule has 31 heavy (non-hydrogen) atoms. The van der Waals surface area contributed by atoms with Crippen LogP contribution in [0.3, 0.4) is 0 Å². The molecule has 2 saturated heterocycles. The average molecular weight is 441 g/mol. The van der Waals surface area contributed by atoms with Gasteiger partial charge in [0.2, 0.25) is 0 Å².